The number of nitrogens with one attached hydrogen (secondary N) is 1. The summed E-state index contributed by atoms with van der Waals surface area (Å²) in [5.41, 5.74) is 1.66. The van der Waals surface area contributed by atoms with Gasteiger partial charge in [-0.2, -0.15) is 0 Å². The van der Waals surface area contributed by atoms with E-state index in [9.17, 15) is 13.6 Å². The number of oxime groups is 1. The Kier molecular flexibility index (Phi) is 4.96. The van der Waals surface area contributed by atoms with Crippen molar-refractivity contribution in [1.29, 1.82) is 0 Å². The lowest BCUT2D eigenvalue weighted by atomic mass is 10.0. The van der Waals surface area contributed by atoms with Crippen LogP contribution in [0.15, 0.2) is 50.5 Å². The highest BCUT2D eigenvalue weighted by atomic mass is 79.9. The molecule has 1 heterocycles. The van der Waals surface area contributed by atoms with Crippen LogP contribution in [0.2, 0.25) is 0 Å². The molecule has 4 nitrogen and oxygen atoms in total. The molecule has 0 aliphatic carbocycles. The van der Waals surface area contributed by atoms with Gasteiger partial charge in [0.15, 0.2) is 0 Å². The predicted octanol–water partition coefficient (Wildman–Crippen LogP) is 4.62. The van der Waals surface area contributed by atoms with E-state index >= 15 is 0 Å². The molecule has 0 radical (unpaired) electrons. The maximum Gasteiger partial charge on any atom is 0.268 e. The van der Waals surface area contributed by atoms with Crippen molar-refractivity contribution in [1.82, 2.24) is 0 Å². The maximum absolute atomic E-state index is 13.3. The average molecular weight is 460 g/mol. The number of carbonyl (C=O) groups is 1. The fourth-order valence-electron chi connectivity index (χ4n) is 2.20. The number of hydrogen-bond donors (Lipinski definition) is 1. The SMILES string of the molecule is O=C(Nc1c(Br)cc(F)cc1Br)C1CC(c2ccc(F)cc2)=NO1. The largest absolute Gasteiger partial charge is 0.382 e. The number of halogens is 4. The number of carbonyl (C=O) groups excluding carboxylic acids is 1. The molecule has 1 aliphatic heterocycles. The first-order valence-corrected chi connectivity index (χ1v) is 8.46. The Morgan fingerprint density at radius 1 is 1.12 bits per heavy atom. The lowest BCUT2D eigenvalue weighted by Crippen LogP contribution is -2.28. The van der Waals surface area contributed by atoms with Crippen molar-refractivity contribution in [3.05, 3.63) is 62.5 Å². The number of anilines is 1. The molecule has 0 spiro atoms. The normalized spacial score (nSPS) is 16.5. The van der Waals surface area contributed by atoms with Gasteiger partial charge in [-0.25, -0.2) is 8.78 Å². The molecule has 2 aromatic rings. The van der Waals surface area contributed by atoms with Crippen molar-refractivity contribution in [2.24, 2.45) is 5.16 Å². The van der Waals surface area contributed by atoms with E-state index in [1.165, 1.54) is 24.3 Å². The fraction of sp³-hybridized carbons (Fsp3) is 0.125. The van der Waals surface area contributed by atoms with Gasteiger partial charge in [0.1, 0.15) is 11.6 Å². The zero-order chi connectivity index (χ0) is 17.3. The van der Waals surface area contributed by atoms with Crippen LogP contribution in [-0.4, -0.2) is 17.7 Å². The summed E-state index contributed by atoms with van der Waals surface area (Å²) in [4.78, 5) is 17.5. The standard InChI is InChI=1S/C16H10Br2F2N2O2/c17-11-5-10(20)6-12(18)15(11)21-16(23)14-7-13(22-24-14)8-1-3-9(19)4-2-8/h1-6,14H,7H2,(H,21,23). The van der Waals surface area contributed by atoms with Crippen LogP contribution < -0.4 is 5.32 Å². The number of amides is 1. The summed E-state index contributed by atoms with van der Waals surface area (Å²) in [6.07, 6.45) is -0.553. The van der Waals surface area contributed by atoms with Gasteiger partial charge in [-0.15, -0.1) is 0 Å². The minimum absolute atomic E-state index is 0.258. The lowest BCUT2D eigenvalue weighted by molar-refractivity contribution is -0.125. The molecule has 0 aromatic heterocycles. The van der Waals surface area contributed by atoms with Crippen LogP contribution in [0, 0.1) is 11.6 Å². The van der Waals surface area contributed by atoms with E-state index in [-0.39, 0.29) is 12.2 Å². The van der Waals surface area contributed by atoms with E-state index in [4.69, 9.17) is 4.84 Å². The van der Waals surface area contributed by atoms with Crippen LogP contribution in [0.1, 0.15) is 12.0 Å². The molecule has 1 aliphatic rings. The third-order valence-corrected chi connectivity index (χ3v) is 4.64. The highest BCUT2D eigenvalue weighted by molar-refractivity contribution is 9.11. The Morgan fingerprint density at radius 3 is 2.38 bits per heavy atom. The minimum Gasteiger partial charge on any atom is -0.382 e. The van der Waals surface area contributed by atoms with E-state index in [0.717, 1.165) is 0 Å². The maximum atomic E-state index is 13.3. The monoisotopic (exact) mass is 458 g/mol. The van der Waals surface area contributed by atoms with Gasteiger partial charge in [0.05, 0.1) is 11.4 Å². The van der Waals surface area contributed by atoms with Gasteiger partial charge >= 0.3 is 0 Å². The van der Waals surface area contributed by atoms with Crippen molar-refractivity contribution >= 4 is 49.2 Å². The molecule has 3 rings (SSSR count). The van der Waals surface area contributed by atoms with Crippen LogP contribution in [0.3, 0.4) is 0 Å². The summed E-state index contributed by atoms with van der Waals surface area (Å²) in [5, 5.41) is 6.56. The number of rotatable bonds is 3. The summed E-state index contributed by atoms with van der Waals surface area (Å²) in [5.74, 6) is -1.20. The molecule has 1 atom stereocenters. The van der Waals surface area contributed by atoms with Crippen LogP contribution in [0.5, 0.6) is 0 Å². The number of hydrogen-bond acceptors (Lipinski definition) is 3. The van der Waals surface area contributed by atoms with Crippen molar-refractivity contribution in [2.45, 2.75) is 12.5 Å². The molecule has 1 amide bonds. The highest BCUT2D eigenvalue weighted by Crippen LogP contribution is 2.32. The molecule has 8 heteroatoms. The molecule has 2 aromatic carbocycles. The Balaban J connectivity index is 1.69. The first-order chi connectivity index (χ1) is 11.4. The second kappa shape index (κ2) is 6.98. The summed E-state index contributed by atoms with van der Waals surface area (Å²) >= 11 is 6.40. The first kappa shape index (κ1) is 17.0. The lowest BCUT2D eigenvalue weighted by Gasteiger charge is -2.12. The molecule has 0 saturated carbocycles. The predicted molar refractivity (Wildman–Crippen MR) is 92.9 cm³/mol. The number of benzene rings is 2. The van der Waals surface area contributed by atoms with Gasteiger partial charge in [0.25, 0.3) is 5.91 Å². The van der Waals surface area contributed by atoms with Crippen LogP contribution >= 0.6 is 31.9 Å². The molecule has 1 unspecified atom stereocenters. The average Bonchev–Trinajstić information content (AvgIpc) is 3.01. The van der Waals surface area contributed by atoms with Crippen molar-refractivity contribution in [3.63, 3.8) is 0 Å². The Bertz CT molecular complexity index is 802. The van der Waals surface area contributed by atoms with Gasteiger partial charge < -0.3 is 10.2 Å². The van der Waals surface area contributed by atoms with E-state index in [2.05, 4.69) is 42.3 Å². The molecular weight excluding hydrogens is 450 g/mol. The van der Waals surface area contributed by atoms with E-state index in [1.807, 2.05) is 0 Å². The third kappa shape index (κ3) is 3.64. The molecule has 0 bridgehead atoms. The molecular formula is C16H10Br2F2N2O2. The third-order valence-electron chi connectivity index (χ3n) is 3.39. The van der Waals surface area contributed by atoms with Crippen molar-refractivity contribution < 1.29 is 18.4 Å². The minimum atomic E-state index is -0.811. The van der Waals surface area contributed by atoms with Crippen LogP contribution in [0.25, 0.3) is 0 Å². The Hall–Kier alpha value is -1.80. The van der Waals surface area contributed by atoms with Crippen LogP contribution in [0.4, 0.5) is 14.5 Å². The van der Waals surface area contributed by atoms with Crippen molar-refractivity contribution in [2.75, 3.05) is 5.32 Å². The molecule has 24 heavy (non-hydrogen) atoms. The van der Waals surface area contributed by atoms with Crippen molar-refractivity contribution in [3.8, 4) is 0 Å². The fourth-order valence-corrected chi connectivity index (χ4v) is 3.52. The van der Waals surface area contributed by atoms with Crippen LogP contribution in [-0.2, 0) is 9.63 Å². The highest BCUT2D eigenvalue weighted by Gasteiger charge is 2.29. The summed E-state index contributed by atoms with van der Waals surface area (Å²) < 4.78 is 27.0. The van der Waals surface area contributed by atoms with Gasteiger partial charge in [-0.3, -0.25) is 4.79 Å². The Labute approximate surface area is 153 Å². The van der Waals surface area contributed by atoms with E-state index < -0.39 is 17.8 Å². The van der Waals surface area contributed by atoms with Gasteiger partial charge in [0, 0.05) is 15.4 Å². The molecule has 0 saturated heterocycles. The Morgan fingerprint density at radius 2 is 1.75 bits per heavy atom. The summed E-state index contributed by atoms with van der Waals surface area (Å²) in [6, 6.07) is 8.28. The summed E-state index contributed by atoms with van der Waals surface area (Å²) in [7, 11) is 0. The second-order valence-corrected chi connectivity index (χ2v) is 6.79. The smallest absolute Gasteiger partial charge is 0.268 e. The first-order valence-electron chi connectivity index (χ1n) is 6.88. The van der Waals surface area contributed by atoms with Gasteiger partial charge in [-0.05, 0) is 61.7 Å². The zero-order valence-corrected chi connectivity index (χ0v) is 15.2. The second-order valence-electron chi connectivity index (χ2n) is 5.08. The topological polar surface area (TPSA) is 50.7 Å². The van der Waals surface area contributed by atoms with E-state index in [1.54, 1.807) is 12.1 Å². The summed E-state index contributed by atoms with van der Waals surface area (Å²) in [6.45, 7) is 0. The van der Waals surface area contributed by atoms with Gasteiger partial charge in [0.2, 0.25) is 6.10 Å². The molecule has 0 fully saturated rings. The molecule has 1 N–H and O–H groups in total. The number of nitrogens with zero attached hydrogens (tertiary/aromatic N) is 1. The zero-order valence-electron chi connectivity index (χ0n) is 12.0. The van der Waals surface area contributed by atoms with Gasteiger partial charge in [-0.1, -0.05) is 17.3 Å². The molecule has 124 valence electrons. The quantitative estimate of drug-likeness (QED) is 0.727. The van der Waals surface area contributed by atoms with E-state index in [0.29, 0.717) is 25.9 Å².